The summed E-state index contributed by atoms with van der Waals surface area (Å²) < 4.78 is 6.49. The number of nitrogens with one attached hydrogen (secondary N) is 1. The van der Waals surface area contributed by atoms with Crippen LogP contribution in [0.5, 0.6) is 5.88 Å². The van der Waals surface area contributed by atoms with E-state index in [4.69, 9.17) is 4.74 Å². The van der Waals surface area contributed by atoms with Gasteiger partial charge in [-0.05, 0) is 37.0 Å². The predicted octanol–water partition coefficient (Wildman–Crippen LogP) is 3.15. The highest BCUT2D eigenvalue weighted by molar-refractivity contribution is 9.10. The molecule has 0 aliphatic carbocycles. The van der Waals surface area contributed by atoms with E-state index >= 15 is 0 Å². The number of hydrogen-bond donors (Lipinski definition) is 2. The minimum atomic E-state index is -0.353. The fourth-order valence-electron chi connectivity index (χ4n) is 2.46. The number of aromatic nitrogens is 2. The zero-order chi connectivity index (χ0) is 14.8. The quantitative estimate of drug-likeness (QED) is 0.872. The molecule has 2 N–H and O–H groups in total. The Labute approximate surface area is 130 Å². The summed E-state index contributed by atoms with van der Waals surface area (Å²) in [5, 5.41) is 10.1. The van der Waals surface area contributed by atoms with Crippen molar-refractivity contribution < 1.29 is 9.84 Å². The molecule has 1 aromatic heterocycles. The fraction of sp³-hybridized carbons (Fsp3) is 0.333. The molecular formula is C15H15BrN2O3. The lowest BCUT2D eigenvalue weighted by Crippen LogP contribution is -2.20. The Hall–Kier alpha value is -1.66. The van der Waals surface area contributed by atoms with Gasteiger partial charge in [0.25, 0.3) is 5.56 Å². The third-order valence-corrected chi connectivity index (χ3v) is 4.06. The summed E-state index contributed by atoms with van der Waals surface area (Å²) in [6.07, 6.45) is 2.61. The average Bonchev–Trinajstić information content (AvgIpc) is 2.49. The van der Waals surface area contributed by atoms with Gasteiger partial charge >= 0.3 is 0 Å². The number of H-pyrrole nitrogens is 1. The Bertz CT molecular complexity index is 691. The van der Waals surface area contributed by atoms with Gasteiger partial charge in [-0.2, -0.15) is 4.98 Å². The summed E-state index contributed by atoms with van der Waals surface area (Å²) >= 11 is 3.34. The van der Waals surface area contributed by atoms with Crippen molar-refractivity contribution in [2.45, 2.75) is 25.4 Å². The SMILES string of the molecule is O=c1[nH]c(C2CCCCO2)nc(O)c1-c1ccc(Br)cc1. The van der Waals surface area contributed by atoms with Crippen LogP contribution >= 0.6 is 15.9 Å². The van der Waals surface area contributed by atoms with Crippen LogP contribution in [-0.4, -0.2) is 21.7 Å². The highest BCUT2D eigenvalue weighted by Gasteiger charge is 2.21. The summed E-state index contributed by atoms with van der Waals surface area (Å²) in [6, 6.07) is 7.14. The van der Waals surface area contributed by atoms with Gasteiger partial charge in [-0.3, -0.25) is 4.79 Å². The normalized spacial score (nSPS) is 18.6. The first-order chi connectivity index (χ1) is 10.1. The van der Waals surface area contributed by atoms with Gasteiger partial charge in [0.15, 0.2) is 0 Å². The summed E-state index contributed by atoms with van der Waals surface area (Å²) in [4.78, 5) is 19.1. The van der Waals surface area contributed by atoms with Crippen LogP contribution in [0.1, 0.15) is 31.2 Å². The Morgan fingerprint density at radius 3 is 2.67 bits per heavy atom. The maximum Gasteiger partial charge on any atom is 0.262 e. The molecule has 1 unspecified atom stereocenters. The summed E-state index contributed by atoms with van der Waals surface area (Å²) in [5.41, 5.74) is 0.455. The lowest BCUT2D eigenvalue weighted by molar-refractivity contribution is 0.00899. The number of halogens is 1. The van der Waals surface area contributed by atoms with E-state index in [1.54, 1.807) is 12.1 Å². The molecule has 5 nitrogen and oxygen atoms in total. The molecule has 110 valence electrons. The van der Waals surface area contributed by atoms with E-state index < -0.39 is 0 Å². The van der Waals surface area contributed by atoms with Crippen molar-refractivity contribution in [1.29, 1.82) is 0 Å². The number of aromatic amines is 1. The van der Waals surface area contributed by atoms with E-state index in [1.165, 1.54) is 0 Å². The average molecular weight is 351 g/mol. The molecule has 0 radical (unpaired) electrons. The molecule has 0 saturated carbocycles. The first kappa shape index (κ1) is 14.3. The third-order valence-electron chi connectivity index (χ3n) is 3.54. The predicted molar refractivity (Wildman–Crippen MR) is 82.2 cm³/mol. The molecular weight excluding hydrogens is 336 g/mol. The van der Waals surface area contributed by atoms with Crippen molar-refractivity contribution in [2.75, 3.05) is 6.61 Å². The van der Waals surface area contributed by atoms with Crippen LogP contribution in [0, 0.1) is 0 Å². The standard InChI is InChI=1S/C15H15BrN2O3/c16-10-6-4-9(5-7-10)12-14(19)17-13(18-15(12)20)11-3-1-2-8-21-11/h4-7,11H,1-3,8H2,(H2,17,18,19,20). The van der Waals surface area contributed by atoms with Gasteiger partial charge in [-0.15, -0.1) is 0 Å². The van der Waals surface area contributed by atoms with Gasteiger partial charge in [-0.25, -0.2) is 0 Å². The molecule has 21 heavy (non-hydrogen) atoms. The van der Waals surface area contributed by atoms with Crippen LogP contribution in [-0.2, 0) is 4.74 Å². The number of nitrogens with zero attached hydrogens (tertiary/aromatic N) is 1. The lowest BCUT2D eigenvalue weighted by Gasteiger charge is -2.21. The molecule has 1 saturated heterocycles. The largest absolute Gasteiger partial charge is 0.493 e. The summed E-state index contributed by atoms with van der Waals surface area (Å²) in [5.74, 6) is 0.142. The molecule has 3 rings (SSSR count). The molecule has 0 bridgehead atoms. The van der Waals surface area contributed by atoms with E-state index in [0.29, 0.717) is 18.0 Å². The van der Waals surface area contributed by atoms with Gasteiger partial charge in [0.2, 0.25) is 5.88 Å². The van der Waals surface area contributed by atoms with Crippen molar-refractivity contribution >= 4 is 15.9 Å². The number of hydrogen-bond acceptors (Lipinski definition) is 4. The first-order valence-corrected chi connectivity index (χ1v) is 7.65. The Balaban J connectivity index is 2.00. The Morgan fingerprint density at radius 1 is 1.29 bits per heavy atom. The number of ether oxygens (including phenoxy) is 1. The van der Waals surface area contributed by atoms with Crippen molar-refractivity contribution in [1.82, 2.24) is 9.97 Å². The molecule has 0 spiro atoms. The third kappa shape index (κ3) is 3.01. The molecule has 1 aliphatic heterocycles. The van der Waals surface area contributed by atoms with Gasteiger partial charge in [-0.1, -0.05) is 28.1 Å². The Kier molecular flexibility index (Phi) is 4.07. The van der Waals surface area contributed by atoms with Crippen molar-refractivity contribution in [2.24, 2.45) is 0 Å². The maximum atomic E-state index is 12.3. The second-order valence-corrected chi connectivity index (χ2v) is 5.93. The van der Waals surface area contributed by atoms with Gasteiger partial charge in [0.05, 0.1) is 0 Å². The zero-order valence-electron chi connectivity index (χ0n) is 11.3. The monoisotopic (exact) mass is 350 g/mol. The van der Waals surface area contributed by atoms with Crippen LogP contribution in [0.4, 0.5) is 0 Å². The van der Waals surface area contributed by atoms with E-state index in [2.05, 4.69) is 25.9 Å². The molecule has 2 heterocycles. The molecule has 2 aromatic rings. The smallest absolute Gasteiger partial charge is 0.262 e. The molecule has 1 aromatic carbocycles. The van der Waals surface area contributed by atoms with E-state index in [9.17, 15) is 9.90 Å². The maximum absolute atomic E-state index is 12.3. The lowest BCUT2D eigenvalue weighted by atomic mass is 10.1. The van der Waals surface area contributed by atoms with Crippen LogP contribution in [0.25, 0.3) is 11.1 Å². The van der Waals surface area contributed by atoms with Crippen LogP contribution in [0.2, 0.25) is 0 Å². The number of aromatic hydroxyl groups is 1. The van der Waals surface area contributed by atoms with Crippen LogP contribution in [0.15, 0.2) is 33.5 Å². The van der Waals surface area contributed by atoms with Crippen LogP contribution in [0.3, 0.4) is 0 Å². The van der Waals surface area contributed by atoms with Gasteiger partial charge in [0.1, 0.15) is 17.5 Å². The first-order valence-electron chi connectivity index (χ1n) is 6.86. The van der Waals surface area contributed by atoms with E-state index in [1.807, 2.05) is 12.1 Å². The van der Waals surface area contributed by atoms with Crippen molar-refractivity contribution in [3.05, 3.63) is 44.9 Å². The summed E-state index contributed by atoms with van der Waals surface area (Å²) in [7, 11) is 0. The van der Waals surface area contributed by atoms with Gasteiger partial charge in [0, 0.05) is 11.1 Å². The number of rotatable bonds is 2. The fourth-order valence-corrected chi connectivity index (χ4v) is 2.73. The Morgan fingerprint density at radius 2 is 2.05 bits per heavy atom. The highest BCUT2D eigenvalue weighted by atomic mass is 79.9. The van der Waals surface area contributed by atoms with Crippen LogP contribution < -0.4 is 5.56 Å². The zero-order valence-corrected chi connectivity index (χ0v) is 12.9. The topological polar surface area (TPSA) is 75.2 Å². The van der Waals surface area contributed by atoms with E-state index in [-0.39, 0.29) is 23.1 Å². The highest BCUT2D eigenvalue weighted by Crippen LogP contribution is 2.29. The van der Waals surface area contributed by atoms with Crippen molar-refractivity contribution in [3.8, 4) is 17.0 Å². The molecule has 1 aliphatic rings. The number of benzene rings is 1. The molecule has 6 heteroatoms. The van der Waals surface area contributed by atoms with Crippen molar-refractivity contribution in [3.63, 3.8) is 0 Å². The minimum absolute atomic E-state index is 0.182. The molecule has 1 atom stereocenters. The molecule has 0 amide bonds. The minimum Gasteiger partial charge on any atom is -0.493 e. The van der Waals surface area contributed by atoms with Gasteiger partial charge < -0.3 is 14.8 Å². The molecule has 1 fully saturated rings. The second kappa shape index (κ2) is 5.99. The summed E-state index contributed by atoms with van der Waals surface area (Å²) in [6.45, 7) is 0.656. The second-order valence-electron chi connectivity index (χ2n) is 5.01. The van der Waals surface area contributed by atoms with E-state index in [0.717, 1.165) is 23.7 Å².